The molecule has 0 saturated heterocycles. The van der Waals surface area contributed by atoms with E-state index in [4.69, 9.17) is 11.6 Å². The first-order valence-electron chi connectivity index (χ1n) is 3.84. The molecule has 0 aromatic heterocycles. The van der Waals surface area contributed by atoms with E-state index < -0.39 is 15.9 Å². The van der Waals surface area contributed by atoms with Gasteiger partial charge in [-0.3, -0.25) is 4.79 Å². The van der Waals surface area contributed by atoms with Crippen LogP contribution < -0.4 is 10.5 Å². The number of amides is 1. The minimum Gasteiger partial charge on any atom is -0.315 e. The second kappa shape index (κ2) is 4.13. The molecule has 1 amide bonds. The number of anilines is 1. The van der Waals surface area contributed by atoms with Crippen LogP contribution in [0.5, 0.6) is 0 Å². The molecule has 0 radical (unpaired) electrons. The van der Waals surface area contributed by atoms with Gasteiger partial charge in [0.2, 0.25) is 10.0 Å². The lowest BCUT2D eigenvalue weighted by Gasteiger charge is -2.02. The average Bonchev–Trinajstić information content (AvgIpc) is 2.17. The summed E-state index contributed by atoms with van der Waals surface area (Å²) in [7, 11) is -3.77. The fourth-order valence-corrected chi connectivity index (χ4v) is 1.48. The van der Waals surface area contributed by atoms with Crippen LogP contribution in [0.1, 0.15) is 0 Å². The number of hydrogen-bond acceptors (Lipinski definition) is 3. The van der Waals surface area contributed by atoms with Gasteiger partial charge in [-0.2, -0.15) is 0 Å². The highest BCUT2D eigenvalue weighted by molar-refractivity contribution is 7.89. The summed E-state index contributed by atoms with van der Waals surface area (Å²) in [4.78, 5) is 10.7. The third-order valence-corrected chi connectivity index (χ3v) is 2.46. The van der Waals surface area contributed by atoms with Gasteiger partial charge in [-0.05, 0) is 24.1 Å². The number of carbonyl (C=O) groups is 1. The van der Waals surface area contributed by atoms with Crippen LogP contribution in [0.25, 0.3) is 0 Å². The average molecular weight is 224 g/mol. The number of nitrogens with two attached hydrogens (primary N) is 1. The second-order valence-corrected chi connectivity index (χ2v) is 4.23. The zero-order valence-electron chi connectivity index (χ0n) is 7.60. The lowest BCUT2D eigenvalue weighted by molar-refractivity contribution is -0.111. The first-order valence-corrected chi connectivity index (χ1v) is 5.38. The van der Waals surface area contributed by atoms with Crippen LogP contribution in [-0.4, -0.2) is 14.3 Å². The van der Waals surface area contributed by atoms with Gasteiger partial charge < -0.3 is 5.32 Å². The zero-order valence-corrected chi connectivity index (χ0v) is 8.41. The summed E-state index contributed by atoms with van der Waals surface area (Å²) >= 11 is 0. The molecule has 0 saturated carbocycles. The van der Waals surface area contributed by atoms with E-state index in [2.05, 4.69) is 5.32 Å². The standard InChI is InChI=1S/C9H8N2O3S/c1-2-9(12)11-7-4-3-5-8(6-7)15(10,13)14/h1,3-6H,(H,11,12)(H2,10,13,14). The highest BCUT2D eigenvalue weighted by Crippen LogP contribution is 2.13. The molecule has 6 heteroatoms. The van der Waals surface area contributed by atoms with Crippen molar-refractivity contribution in [2.75, 3.05) is 5.32 Å². The minimum atomic E-state index is -3.77. The summed E-state index contributed by atoms with van der Waals surface area (Å²) in [6.45, 7) is 0. The minimum absolute atomic E-state index is 0.0858. The van der Waals surface area contributed by atoms with E-state index in [0.717, 1.165) is 0 Å². The largest absolute Gasteiger partial charge is 0.315 e. The zero-order chi connectivity index (χ0) is 11.5. The summed E-state index contributed by atoms with van der Waals surface area (Å²) in [6.07, 6.45) is 4.84. The van der Waals surface area contributed by atoms with E-state index in [-0.39, 0.29) is 10.6 Å². The van der Waals surface area contributed by atoms with Crippen LogP contribution in [0.3, 0.4) is 0 Å². The normalized spacial score (nSPS) is 10.4. The Bertz CT molecular complexity index is 529. The molecular weight excluding hydrogens is 216 g/mol. The number of benzene rings is 1. The van der Waals surface area contributed by atoms with Crippen molar-refractivity contribution in [3.8, 4) is 12.3 Å². The number of rotatable bonds is 2. The Kier molecular flexibility index (Phi) is 3.09. The van der Waals surface area contributed by atoms with E-state index >= 15 is 0 Å². The van der Waals surface area contributed by atoms with Gasteiger partial charge in [0.05, 0.1) is 4.90 Å². The van der Waals surface area contributed by atoms with Crippen molar-refractivity contribution in [1.29, 1.82) is 0 Å². The number of sulfonamides is 1. The molecule has 0 fully saturated rings. The van der Waals surface area contributed by atoms with E-state index in [1.54, 1.807) is 0 Å². The Labute approximate surface area is 87.3 Å². The molecule has 15 heavy (non-hydrogen) atoms. The molecule has 3 N–H and O–H groups in total. The molecule has 1 aromatic rings. The third-order valence-electron chi connectivity index (χ3n) is 1.55. The van der Waals surface area contributed by atoms with Gasteiger partial charge in [0.1, 0.15) is 0 Å². The second-order valence-electron chi connectivity index (χ2n) is 2.67. The van der Waals surface area contributed by atoms with E-state index in [1.807, 2.05) is 5.92 Å². The van der Waals surface area contributed by atoms with Crippen molar-refractivity contribution in [1.82, 2.24) is 0 Å². The smallest absolute Gasteiger partial charge is 0.300 e. The number of carbonyl (C=O) groups excluding carboxylic acids is 1. The Morgan fingerprint density at radius 2 is 2.13 bits per heavy atom. The van der Waals surface area contributed by atoms with Crippen molar-refractivity contribution in [3.05, 3.63) is 24.3 Å². The van der Waals surface area contributed by atoms with Crippen LogP contribution in [0.2, 0.25) is 0 Å². The summed E-state index contributed by atoms with van der Waals surface area (Å²) in [5, 5.41) is 7.22. The van der Waals surface area contributed by atoms with Crippen molar-refractivity contribution < 1.29 is 13.2 Å². The number of hydrogen-bond donors (Lipinski definition) is 2. The van der Waals surface area contributed by atoms with Crippen LogP contribution in [-0.2, 0) is 14.8 Å². The Hall–Kier alpha value is -1.84. The fraction of sp³-hybridized carbons (Fsp3) is 0. The van der Waals surface area contributed by atoms with Gasteiger partial charge in [-0.15, -0.1) is 6.42 Å². The maximum Gasteiger partial charge on any atom is 0.300 e. The molecule has 0 aliphatic heterocycles. The predicted octanol–water partition coefficient (Wildman–Crippen LogP) is -0.0943. The highest BCUT2D eigenvalue weighted by Gasteiger charge is 2.08. The van der Waals surface area contributed by atoms with Gasteiger partial charge in [0, 0.05) is 5.69 Å². The molecule has 1 aromatic carbocycles. The molecule has 0 bridgehead atoms. The molecule has 78 valence electrons. The molecule has 0 aliphatic rings. The number of nitrogens with one attached hydrogen (secondary N) is 1. The van der Waals surface area contributed by atoms with E-state index in [1.165, 1.54) is 24.3 Å². The molecule has 1 rings (SSSR count). The Morgan fingerprint density at radius 1 is 1.47 bits per heavy atom. The molecule has 0 spiro atoms. The molecule has 0 heterocycles. The van der Waals surface area contributed by atoms with Crippen molar-refractivity contribution in [2.24, 2.45) is 5.14 Å². The molecule has 0 atom stereocenters. The molecule has 5 nitrogen and oxygen atoms in total. The van der Waals surface area contributed by atoms with Crippen LogP contribution in [0, 0.1) is 12.3 Å². The van der Waals surface area contributed by atoms with Gasteiger partial charge in [-0.1, -0.05) is 6.07 Å². The maximum absolute atomic E-state index is 11.0. The summed E-state index contributed by atoms with van der Waals surface area (Å²) in [5.74, 6) is 1.19. The first kappa shape index (κ1) is 11.2. The highest BCUT2D eigenvalue weighted by atomic mass is 32.2. The van der Waals surface area contributed by atoms with Gasteiger partial charge in [-0.25, -0.2) is 13.6 Å². The van der Waals surface area contributed by atoms with Gasteiger partial charge >= 0.3 is 0 Å². The summed E-state index contributed by atoms with van der Waals surface area (Å²) in [6, 6.07) is 5.50. The lowest BCUT2D eigenvalue weighted by Crippen LogP contribution is -2.13. The topological polar surface area (TPSA) is 89.3 Å². The molecule has 0 aliphatic carbocycles. The molecular formula is C9H8N2O3S. The molecule has 0 unspecified atom stereocenters. The number of primary sulfonamides is 1. The monoisotopic (exact) mass is 224 g/mol. The van der Waals surface area contributed by atoms with Gasteiger partial charge in [0.25, 0.3) is 5.91 Å². The van der Waals surface area contributed by atoms with E-state index in [9.17, 15) is 13.2 Å². The first-order chi connectivity index (χ1) is 6.93. The van der Waals surface area contributed by atoms with Crippen molar-refractivity contribution in [2.45, 2.75) is 4.90 Å². The van der Waals surface area contributed by atoms with Crippen LogP contribution >= 0.6 is 0 Å². The predicted molar refractivity (Wildman–Crippen MR) is 55.3 cm³/mol. The number of terminal acetylenes is 1. The van der Waals surface area contributed by atoms with Crippen molar-refractivity contribution in [3.63, 3.8) is 0 Å². The SMILES string of the molecule is C#CC(=O)Nc1cccc(S(N)(=O)=O)c1. The van der Waals surface area contributed by atoms with E-state index in [0.29, 0.717) is 0 Å². The maximum atomic E-state index is 11.0. The summed E-state index contributed by atoms with van der Waals surface area (Å²) < 4.78 is 21.9. The Morgan fingerprint density at radius 3 is 2.67 bits per heavy atom. The summed E-state index contributed by atoms with van der Waals surface area (Å²) in [5.41, 5.74) is 0.282. The third kappa shape index (κ3) is 3.09. The quantitative estimate of drug-likeness (QED) is 0.688. The lowest BCUT2D eigenvalue weighted by atomic mass is 10.3. The van der Waals surface area contributed by atoms with Crippen LogP contribution in [0.15, 0.2) is 29.2 Å². The van der Waals surface area contributed by atoms with Crippen molar-refractivity contribution >= 4 is 21.6 Å². The van der Waals surface area contributed by atoms with Crippen LogP contribution in [0.4, 0.5) is 5.69 Å². The fourth-order valence-electron chi connectivity index (χ4n) is 0.918. The van der Waals surface area contributed by atoms with Gasteiger partial charge in [0.15, 0.2) is 0 Å². The Balaban J connectivity index is 3.05.